The second kappa shape index (κ2) is 13.9. The zero-order chi connectivity index (χ0) is 28.5. The molecule has 4 rings (SSSR count). The van der Waals surface area contributed by atoms with E-state index in [2.05, 4.69) is 15.2 Å². The van der Waals surface area contributed by atoms with Gasteiger partial charge in [0.2, 0.25) is 11.8 Å². The predicted octanol–water partition coefficient (Wildman–Crippen LogP) is 2.91. The molecule has 212 valence electrons. The van der Waals surface area contributed by atoms with Gasteiger partial charge in [0.25, 0.3) is 5.91 Å². The Morgan fingerprint density at radius 1 is 1.02 bits per heavy atom. The molecule has 0 spiro atoms. The number of ether oxygens (including phenoxy) is 2. The molecule has 0 unspecified atom stereocenters. The average Bonchev–Trinajstić information content (AvgIpc) is 3.41. The van der Waals surface area contributed by atoms with Crippen LogP contribution in [-0.2, 0) is 20.7 Å². The maximum Gasteiger partial charge on any atom is 0.254 e. The molecule has 0 atom stereocenters. The topological polar surface area (TPSA) is 104 Å². The van der Waals surface area contributed by atoms with Gasteiger partial charge in [-0.3, -0.25) is 14.4 Å². The number of nitrogens with zero attached hydrogens (tertiary/aromatic N) is 4. The number of amides is 3. The largest absolute Gasteiger partial charge is 0.497 e. The molecule has 1 saturated heterocycles. The Morgan fingerprint density at radius 3 is 2.38 bits per heavy atom. The summed E-state index contributed by atoms with van der Waals surface area (Å²) in [5, 5.41) is 4.79. The maximum atomic E-state index is 13.3. The van der Waals surface area contributed by atoms with Crippen molar-refractivity contribution in [1.82, 2.24) is 14.8 Å². The Morgan fingerprint density at radius 2 is 1.73 bits per heavy atom. The minimum absolute atomic E-state index is 0.0202. The van der Waals surface area contributed by atoms with E-state index in [9.17, 15) is 18.8 Å². The van der Waals surface area contributed by atoms with Gasteiger partial charge in [0.05, 0.1) is 25.8 Å². The van der Waals surface area contributed by atoms with Crippen LogP contribution in [0.4, 0.5) is 15.2 Å². The van der Waals surface area contributed by atoms with Gasteiger partial charge in [0.15, 0.2) is 5.13 Å². The molecular formula is C28H32FN5O5S. The van der Waals surface area contributed by atoms with Gasteiger partial charge in [-0.15, -0.1) is 11.3 Å². The molecule has 0 radical (unpaired) electrons. The molecule has 0 aliphatic carbocycles. The van der Waals surface area contributed by atoms with Gasteiger partial charge in [0, 0.05) is 56.5 Å². The van der Waals surface area contributed by atoms with Crippen LogP contribution in [-0.4, -0.2) is 92.6 Å². The Kier molecular flexibility index (Phi) is 10.0. The lowest BCUT2D eigenvalue weighted by Gasteiger charge is -2.36. The van der Waals surface area contributed by atoms with E-state index in [4.69, 9.17) is 9.47 Å². The number of rotatable bonds is 11. The third-order valence-electron chi connectivity index (χ3n) is 6.48. The number of aromatic nitrogens is 1. The summed E-state index contributed by atoms with van der Waals surface area (Å²) in [5.74, 6) is -0.517. The van der Waals surface area contributed by atoms with Gasteiger partial charge in [-0.25, -0.2) is 9.37 Å². The number of anilines is 2. The fourth-order valence-corrected chi connectivity index (χ4v) is 5.01. The van der Waals surface area contributed by atoms with E-state index in [1.807, 2.05) is 29.2 Å². The summed E-state index contributed by atoms with van der Waals surface area (Å²) >= 11 is 1.22. The molecule has 2 heterocycles. The molecule has 0 bridgehead atoms. The molecule has 2 aromatic carbocycles. The lowest BCUT2D eigenvalue weighted by atomic mass is 10.2. The molecular weight excluding hydrogens is 537 g/mol. The number of methoxy groups -OCH3 is 2. The van der Waals surface area contributed by atoms with Gasteiger partial charge in [-0.2, -0.15) is 0 Å². The Balaban J connectivity index is 1.27. The lowest BCUT2D eigenvalue weighted by molar-refractivity contribution is -0.130. The highest BCUT2D eigenvalue weighted by atomic mass is 32.1. The second-order valence-electron chi connectivity index (χ2n) is 9.16. The fourth-order valence-electron chi connectivity index (χ4n) is 4.28. The molecule has 1 N–H and O–H groups in total. The minimum Gasteiger partial charge on any atom is -0.497 e. The third-order valence-corrected chi connectivity index (χ3v) is 7.29. The van der Waals surface area contributed by atoms with Crippen LogP contribution in [0.2, 0.25) is 0 Å². The molecule has 1 aliphatic heterocycles. The highest BCUT2D eigenvalue weighted by Gasteiger charge is 2.23. The predicted molar refractivity (Wildman–Crippen MR) is 150 cm³/mol. The van der Waals surface area contributed by atoms with Gasteiger partial charge < -0.3 is 29.5 Å². The van der Waals surface area contributed by atoms with Crippen molar-refractivity contribution >= 4 is 39.9 Å². The zero-order valence-electron chi connectivity index (χ0n) is 22.5. The quantitative estimate of drug-likeness (QED) is 0.379. The van der Waals surface area contributed by atoms with E-state index in [-0.39, 0.29) is 37.6 Å². The Bertz CT molecular complexity index is 1290. The first-order chi connectivity index (χ1) is 19.4. The maximum absolute atomic E-state index is 13.3. The fraction of sp³-hybridized carbons (Fsp3) is 0.357. The van der Waals surface area contributed by atoms with Crippen LogP contribution in [0, 0.1) is 5.82 Å². The molecule has 0 saturated carbocycles. The van der Waals surface area contributed by atoms with Crippen molar-refractivity contribution in [3.8, 4) is 5.75 Å². The van der Waals surface area contributed by atoms with Crippen molar-refractivity contribution in [3.05, 3.63) is 71.0 Å². The van der Waals surface area contributed by atoms with E-state index in [1.54, 1.807) is 12.5 Å². The van der Waals surface area contributed by atoms with Crippen molar-refractivity contribution in [2.75, 3.05) is 70.3 Å². The van der Waals surface area contributed by atoms with Gasteiger partial charge in [-0.1, -0.05) is 0 Å². The molecule has 1 aliphatic rings. The van der Waals surface area contributed by atoms with Crippen LogP contribution in [0.3, 0.4) is 0 Å². The number of hydrogen-bond donors (Lipinski definition) is 1. The number of carbonyl (C=O) groups is 3. The van der Waals surface area contributed by atoms with Crippen LogP contribution in [0.25, 0.3) is 0 Å². The molecule has 12 heteroatoms. The van der Waals surface area contributed by atoms with Crippen molar-refractivity contribution < 1.29 is 28.2 Å². The molecule has 1 aromatic heterocycles. The first-order valence-corrected chi connectivity index (χ1v) is 13.7. The first kappa shape index (κ1) is 29.0. The number of hydrogen-bond acceptors (Lipinski definition) is 8. The van der Waals surface area contributed by atoms with Gasteiger partial charge in [0.1, 0.15) is 18.1 Å². The van der Waals surface area contributed by atoms with Gasteiger partial charge in [-0.05, 0) is 48.5 Å². The van der Waals surface area contributed by atoms with E-state index < -0.39 is 17.6 Å². The number of halogens is 1. The van der Waals surface area contributed by atoms with E-state index in [0.29, 0.717) is 23.9 Å². The third kappa shape index (κ3) is 7.76. The number of carbonyl (C=O) groups excluding carboxylic acids is 3. The average molecular weight is 570 g/mol. The summed E-state index contributed by atoms with van der Waals surface area (Å²) in [7, 11) is 3.14. The van der Waals surface area contributed by atoms with Crippen LogP contribution >= 0.6 is 11.3 Å². The van der Waals surface area contributed by atoms with Crippen molar-refractivity contribution in [3.63, 3.8) is 0 Å². The summed E-state index contributed by atoms with van der Waals surface area (Å²) in [6, 6.07) is 13.0. The molecule has 3 amide bonds. The van der Waals surface area contributed by atoms with E-state index in [0.717, 1.165) is 24.5 Å². The van der Waals surface area contributed by atoms with Crippen molar-refractivity contribution in [2.24, 2.45) is 0 Å². The normalized spacial score (nSPS) is 13.2. The molecule has 3 aromatic rings. The minimum atomic E-state index is -0.452. The second-order valence-corrected chi connectivity index (χ2v) is 10.0. The number of thiazole rings is 1. The zero-order valence-corrected chi connectivity index (χ0v) is 23.3. The standard InChI is InChI=1S/C28H32FN5O5S/c1-38-16-15-34(27(37)20-3-5-21(29)6-4-20)18-25(35)31-28-30-22(19-40-28)17-26(36)33-13-11-32(12-14-33)23-7-9-24(39-2)10-8-23/h3-10,19H,11-18H2,1-2H3,(H,30,31,35). The van der Waals surface area contributed by atoms with Crippen LogP contribution in [0.5, 0.6) is 5.75 Å². The number of piperazine rings is 1. The van der Waals surface area contributed by atoms with Crippen LogP contribution in [0.1, 0.15) is 16.1 Å². The summed E-state index contributed by atoms with van der Waals surface area (Å²) in [6.45, 7) is 2.86. The highest BCUT2D eigenvalue weighted by molar-refractivity contribution is 7.13. The van der Waals surface area contributed by atoms with E-state index >= 15 is 0 Å². The van der Waals surface area contributed by atoms with E-state index in [1.165, 1.54) is 47.6 Å². The summed E-state index contributed by atoms with van der Waals surface area (Å²) < 4.78 is 23.5. The van der Waals surface area contributed by atoms with Crippen LogP contribution < -0.4 is 15.0 Å². The van der Waals surface area contributed by atoms with Gasteiger partial charge >= 0.3 is 0 Å². The number of benzene rings is 2. The first-order valence-electron chi connectivity index (χ1n) is 12.8. The smallest absolute Gasteiger partial charge is 0.254 e. The van der Waals surface area contributed by atoms with Crippen molar-refractivity contribution in [2.45, 2.75) is 6.42 Å². The van der Waals surface area contributed by atoms with Crippen molar-refractivity contribution in [1.29, 1.82) is 0 Å². The lowest BCUT2D eigenvalue weighted by Crippen LogP contribution is -2.49. The SMILES string of the molecule is COCCN(CC(=O)Nc1nc(CC(=O)N2CCN(c3ccc(OC)cc3)CC2)cs1)C(=O)c1ccc(F)cc1. The number of nitrogens with one attached hydrogen (secondary N) is 1. The summed E-state index contributed by atoms with van der Waals surface area (Å²) in [6.07, 6.45) is 0.137. The molecule has 40 heavy (non-hydrogen) atoms. The molecule has 1 fully saturated rings. The summed E-state index contributed by atoms with van der Waals surface area (Å²) in [5.41, 5.74) is 1.93. The monoisotopic (exact) mass is 569 g/mol. The summed E-state index contributed by atoms with van der Waals surface area (Å²) in [4.78, 5) is 48.2. The Hall–Kier alpha value is -4.03. The molecule has 10 nitrogen and oxygen atoms in total. The Labute approximate surface area is 236 Å². The van der Waals surface area contributed by atoms with Crippen LogP contribution in [0.15, 0.2) is 53.9 Å². The highest BCUT2D eigenvalue weighted by Crippen LogP contribution is 2.21.